The smallest absolute Gasteiger partial charge is 0.409 e. The number of hydrogen-bond acceptors (Lipinski definition) is 6. The second-order valence-electron chi connectivity index (χ2n) is 8.98. The number of pyridine rings is 1. The molecule has 9 nitrogen and oxygen atoms in total. The first-order valence-corrected chi connectivity index (χ1v) is 13.2. The normalized spacial score (nSPS) is 19.7. The number of carbonyl (C=O) groups excluding carboxylic acids is 1. The number of aromatic nitrogens is 2. The van der Waals surface area contributed by atoms with Gasteiger partial charge in [-0.1, -0.05) is 0 Å². The van der Waals surface area contributed by atoms with Crippen molar-refractivity contribution in [1.29, 1.82) is 0 Å². The number of fused-ring (bicyclic) bond motifs is 1. The molecule has 0 N–H and O–H groups in total. The first-order valence-electron chi connectivity index (χ1n) is 11.6. The summed E-state index contributed by atoms with van der Waals surface area (Å²) in [5, 5.41) is 0. The van der Waals surface area contributed by atoms with Gasteiger partial charge in [0.25, 0.3) is 0 Å². The van der Waals surface area contributed by atoms with Crippen LogP contribution in [0.25, 0.3) is 16.9 Å². The van der Waals surface area contributed by atoms with E-state index in [9.17, 15) is 13.2 Å². The third kappa shape index (κ3) is 4.39. The van der Waals surface area contributed by atoms with Gasteiger partial charge in [0.2, 0.25) is 10.0 Å². The number of carbonyl (C=O) groups is 1. The molecule has 1 aromatic carbocycles. The standard InChI is InChI=1S/C24H26F2N4O5S/c1-15-4-6-29-20(13-17-14-28(7-8-35-17)24(31)34-2)23(27-21(29)10-15)22-18(25)11-16(12-19(22)26)30-5-3-9-36(30,32)33/h4,6,10-12,17H,3,5,7-9,13-14H2,1-2H3/t17-/m0/s1. The molecular formula is C24H26F2N4O5S. The Labute approximate surface area is 207 Å². The van der Waals surface area contributed by atoms with Crippen LogP contribution in [0, 0.1) is 18.6 Å². The number of hydrogen-bond donors (Lipinski definition) is 0. The summed E-state index contributed by atoms with van der Waals surface area (Å²) >= 11 is 0. The van der Waals surface area contributed by atoms with Crippen LogP contribution in [0.4, 0.5) is 19.3 Å². The topological polar surface area (TPSA) is 93.5 Å². The zero-order valence-corrected chi connectivity index (χ0v) is 20.7. The van der Waals surface area contributed by atoms with Gasteiger partial charge in [-0.15, -0.1) is 0 Å². The highest BCUT2D eigenvalue weighted by Crippen LogP contribution is 2.35. The number of benzene rings is 1. The number of ether oxygens (including phenoxy) is 2. The molecule has 2 saturated heterocycles. The molecule has 0 bridgehead atoms. The number of aryl methyl sites for hydroxylation is 1. The monoisotopic (exact) mass is 520 g/mol. The summed E-state index contributed by atoms with van der Waals surface area (Å²) < 4.78 is 69.0. The van der Waals surface area contributed by atoms with E-state index < -0.39 is 33.9 Å². The molecule has 3 aromatic rings. The first-order chi connectivity index (χ1) is 17.2. The fourth-order valence-electron chi connectivity index (χ4n) is 4.81. The summed E-state index contributed by atoms with van der Waals surface area (Å²) in [6.45, 7) is 3.00. The zero-order valence-electron chi connectivity index (χ0n) is 19.9. The Hall–Kier alpha value is -3.25. The molecule has 192 valence electrons. The van der Waals surface area contributed by atoms with Crippen molar-refractivity contribution >= 4 is 27.5 Å². The lowest BCUT2D eigenvalue weighted by atomic mass is 10.0. The molecule has 5 rings (SSSR count). The van der Waals surface area contributed by atoms with E-state index in [1.807, 2.05) is 13.0 Å². The molecule has 1 atom stereocenters. The van der Waals surface area contributed by atoms with Gasteiger partial charge in [-0.3, -0.25) is 4.31 Å². The van der Waals surface area contributed by atoms with E-state index in [-0.39, 0.29) is 42.2 Å². The predicted octanol–water partition coefficient (Wildman–Crippen LogP) is 3.14. The van der Waals surface area contributed by atoms with Crippen LogP contribution < -0.4 is 4.31 Å². The van der Waals surface area contributed by atoms with Gasteiger partial charge in [0, 0.05) is 25.7 Å². The number of methoxy groups -OCH3 is 1. The first kappa shape index (κ1) is 24.4. The van der Waals surface area contributed by atoms with Crippen LogP contribution in [-0.2, 0) is 25.9 Å². The highest BCUT2D eigenvalue weighted by molar-refractivity contribution is 7.93. The van der Waals surface area contributed by atoms with Gasteiger partial charge in [0.15, 0.2) is 0 Å². The summed E-state index contributed by atoms with van der Waals surface area (Å²) in [5.41, 5.74) is 1.66. The van der Waals surface area contributed by atoms with E-state index in [0.717, 1.165) is 22.0 Å². The average molecular weight is 521 g/mol. The lowest BCUT2D eigenvalue weighted by molar-refractivity contribution is -0.0241. The molecule has 2 aliphatic rings. The molecule has 2 aromatic heterocycles. The van der Waals surface area contributed by atoms with Gasteiger partial charge < -0.3 is 18.8 Å². The van der Waals surface area contributed by atoms with E-state index in [0.29, 0.717) is 30.9 Å². The predicted molar refractivity (Wildman–Crippen MR) is 128 cm³/mol. The molecule has 0 saturated carbocycles. The summed E-state index contributed by atoms with van der Waals surface area (Å²) in [5.74, 6) is -1.87. The average Bonchev–Trinajstić information content (AvgIpc) is 3.37. The summed E-state index contributed by atoms with van der Waals surface area (Å²) in [6, 6.07) is 5.74. The van der Waals surface area contributed by atoms with Gasteiger partial charge in [0.05, 0.1) is 54.8 Å². The highest BCUT2D eigenvalue weighted by Gasteiger charge is 2.32. The molecule has 12 heteroatoms. The van der Waals surface area contributed by atoms with Gasteiger partial charge >= 0.3 is 6.09 Å². The maximum atomic E-state index is 15.5. The Morgan fingerprint density at radius 3 is 2.64 bits per heavy atom. The van der Waals surface area contributed by atoms with Gasteiger partial charge in [-0.25, -0.2) is 27.0 Å². The van der Waals surface area contributed by atoms with Crippen molar-refractivity contribution in [2.45, 2.75) is 25.9 Å². The van der Waals surface area contributed by atoms with E-state index in [1.165, 1.54) is 12.0 Å². The number of rotatable bonds is 4. The maximum absolute atomic E-state index is 15.5. The molecule has 0 aliphatic carbocycles. The van der Waals surface area contributed by atoms with Crippen molar-refractivity contribution in [1.82, 2.24) is 14.3 Å². The molecule has 36 heavy (non-hydrogen) atoms. The van der Waals surface area contributed by atoms with Gasteiger partial charge in [-0.05, 0) is 43.2 Å². The van der Waals surface area contributed by atoms with E-state index in [1.54, 1.807) is 16.7 Å². The molecule has 1 amide bonds. The summed E-state index contributed by atoms with van der Waals surface area (Å²) in [6.07, 6.45) is 1.49. The van der Waals surface area contributed by atoms with Crippen LogP contribution in [0.3, 0.4) is 0 Å². The van der Waals surface area contributed by atoms with Crippen LogP contribution >= 0.6 is 0 Å². The second-order valence-corrected chi connectivity index (χ2v) is 11.0. The van der Waals surface area contributed by atoms with Crippen LogP contribution in [0.2, 0.25) is 0 Å². The number of morpholine rings is 1. The van der Waals surface area contributed by atoms with Crippen LogP contribution in [0.15, 0.2) is 30.5 Å². The second kappa shape index (κ2) is 9.32. The number of sulfonamides is 1. The van der Waals surface area contributed by atoms with Crippen molar-refractivity contribution < 1.29 is 31.5 Å². The van der Waals surface area contributed by atoms with E-state index >= 15 is 8.78 Å². The largest absolute Gasteiger partial charge is 0.453 e. The Morgan fingerprint density at radius 2 is 1.97 bits per heavy atom. The highest BCUT2D eigenvalue weighted by atomic mass is 32.2. The number of anilines is 1. The van der Waals surface area contributed by atoms with Crippen molar-refractivity contribution in [3.05, 3.63) is 53.4 Å². The molecular weight excluding hydrogens is 494 g/mol. The van der Waals surface area contributed by atoms with Crippen molar-refractivity contribution in [3.63, 3.8) is 0 Å². The van der Waals surface area contributed by atoms with Crippen molar-refractivity contribution in [2.24, 2.45) is 0 Å². The van der Waals surface area contributed by atoms with Crippen molar-refractivity contribution in [3.8, 4) is 11.3 Å². The molecule has 4 heterocycles. The zero-order chi connectivity index (χ0) is 25.6. The van der Waals surface area contributed by atoms with Gasteiger partial charge in [0.1, 0.15) is 17.3 Å². The molecule has 0 unspecified atom stereocenters. The minimum Gasteiger partial charge on any atom is -0.453 e. The molecule has 2 fully saturated rings. The quantitative estimate of drug-likeness (QED) is 0.525. The fraction of sp³-hybridized carbons (Fsp3) is 0.417. The van der Waals surface area contributed by atoms with E-state index in [4.69, 9.17) is 9.47 Å². The third-order valence-electron chi connectivity index (χ3n) is 6.52. The molecule has 2 aliphatic heterocycles. The Bertz CT molecular complexity index is 1420. The lowest BCUT2D eigenvalue weighted by Gasteiger charge is -2.32. The minimum atomic E-state index is -3.60. The molecule has 0 radical (unpaired) electrons. The minimum absolute atomic E-state index is 0.0447. The number of halogens is 2. The Morgan fingerprint density at radius 1 is 1.22 bits per heavy atom. The SMILES string of the molecule is COC(=O)N1CCO[C@@H](Cc2c(-c3c(F)cc(N4CCCS4(=O)=O)cc3F)nc3cc(C)ccn23)C1. The van der Waals surface area contributed by atoms with Crippen molar-refractivity contribution in [2.75, 3.05) is 43.4 Å². The Kier molecular flexibility index (Phi) is 6.33. The summed E-state index contributed by atoms with van der Waals surface area (Å²) in [4.78, 5) is 18.1. The summed E-state index contributed by atoms with van der Waals surface area (Å²) in [7, 11) is -2.29. The van der Waals surface area contributed by atoms with E-state index in [2.05, 4.69) is 4.98 Å². The lowest BCUT2D eigenvalue weighted by Crippen LogP contribution is -2.46. The number of amides is 1. The number of imidazole rings is 1. The maximum Gasteiger partial charge on any atom is 0.409 e. The molecule has 0 spiro atoms. The van der Waals surface area contributed by atoms with Crippen LogP contribution in [0.1, 0.15) is 17.7 Å². The Balaban J connectivity index is 1.57. The fourth-order valence-corrected chi connectivity index (χ4v) is 6.35. The number of nitrogens with zero attached hydrogens (tertiary/aromatic N) is 4. The van der Waals surface area contributed by atoms with Crippen LogP contribution in [0.5, 0.6) is 0 Å². The van der Waals surface area contributed by atoms with Crippen LogP contribution in [-0.4, -0.2) is 74.0 Å². The third-order valence-corrected chi connectivity index (χ3v) is 8.39. The van der Waals surface area contributed by atoms with Gasteiger partial charge in [-0.2, -0.15) is 0 Å².